The fraction of sp³-hybridized carbons (Fsp3) is 0.0588. The SMILES string of the molecule is O=C1S/C(=C\c2ccc(F)c(Br)c2)C(=O)N1Cc1ccc(Cl)cc1Cl. The minimum Gasteiger partial charge on any atom is -0.268 e. The van der Waals surface area contributed by atoms with E-state index in [0.717, 1.165) is 16.7 Å². The minimum atomic E-state index is -0.415. The van der Waals surface area contributed by atoms with E-state index in [4.69, 9.17) is 23.2 Å². The topological polar surface area (TPSA) is 37.4 Å². The molecule has 1 fully saturated rings. The second kappa shape index (κ2) is 7.50. The Bertz CT molecular complexity index is 920. The average molecular weight is 461 g/mol. The summed E-state index contributed by atoms with van der Waals surface area (Å²) in [6.07, 6.45) is 1.55. The maximum absolute atomic E-state index is 13.3. The summed E-state index contributed by atoms with van der Waals surface area (Å²) in [5.74, 6) is -0.816. The van der Waals surface area contributed by atoms with E-state index in [2.05, 4.69) is 15.9 Å². The van der Waals surface area contributed by atoms with Crippen LogP contribution in [0.15, 0.2) is 45.8 Å². The molecule has 1 aliphatic heterocycles. The van der Waals surface area contributed by atoms with Crippen LogP contribution in [0.25, 0.3) is 6.08 Å². The van der Waals surface area contributed by atoms with Crippen LogP contribution >= 0.6 is 50.9 Å². The lowest BCUT2D eigenvalue weighted by Crippen LogP contribution is -2.27. The van der Waals surface area contributed by atoms with Gasteiger partial charge in [-0.2, -0.15) is 0 Å². The van der Waals surface area contributed by atoms with Gasteiger partial charge in [-0.05, 0) is 69.2 Å². The molecule has 0 aliphatic carbocycles. The van der Waals surface area contributed by atoms with Gasteiger partial charge in [0.2, 0.25) is 0 Å². The first kappa shape index (κ1) is 18.5. The van der Waals surface area contributed by atoms with Crippen LogP contribution in [-0.4, -0.2) is 16.0 Å². The Morgan fingerprint density at radius 3 is 2.60 bits per heavy atom. The lowest BCUT2D eigenvalue weighted by molar-refractivity contribution is -0.123. The number of halogens is 4. The summed E-state index contributed by atoms with van der Waals surface area (Å²) in [5.41, 5.74) is 1.24. The van der Waals surface area contributed by atoms with Gasteiger partial charge in [0, 0.05) is 10.0 Å². The second-order valence-corrected chi connectivity index (χ2v) is 7.87. The van der Waals surface area contributed by atoms with Crippen molar-refractivity contribution in [1.29, 1.82) is 0 Å². The van der Waals surface area contributed by atoms with Gasteiger partial charge < -0.3 is 0 Å². The second-order valence-electron chi connectivity index (χ2n) is 5.18. The zero-order chi connectivity index (χ0) is 18.1. The number of hydrogen-bond acceptors (Lipinski definition) is 3. The molecule has 3 rings (SSSR count). The molecule has 0 spiro atoms. The summed E-state index contributed by atoms with van der Waals surface area (Å²) in [5, 5.41) is 0.478. The van der Waals surface area contributed by atoms with E-state index in [1.807, 2.05) is 0 Å². The highest BCUT2D eigenvalue weighted by Gasteiger charge is 2.35. The summed E-state index contributed by atoms with van der Waals surface area (Å²) in [6.45, 7) is 0.0606. The number of hydrogen-bond donors (Lipinski definition) is 0. The van der Waals surface area contributed by atoms with E-state index >= 15 is 0 Å². The van der Waals surface area contributed by atoms with Crippen LogP contribution in [0.5, 0.6) is 0 Å². The van der Waals surface area contributed by atoms with Gasteiger partial charge in [-0.25, -0.2) is 4.39 Å². The van der Waals surface area contributed by atoms with Gasteiger partial charge in [-0.15, -0.1) is 0 Å². The Morgan fingerprint density at radius 1 is 1.16 bits per heavy atom. The molecule has 0 unspecified atom stereocenters. The molecule has 2 aromatic carbocycles. The molecule has 2 amide bonds. The molecular formula is C17H9BrCl2FNO2S. The van der Waals surface area contributed by atoms with Gasteiger partial charge in [0.15, 0.2) is 0 Å². The van der Waals surface area contributed by atoms with Gasteiger partial charge in [-0.1, -0.05) is 35.3 Å². The van der Waals surface area contributed by atoms with Crippen molar-refractivity contribution in [2.24, 2.45) is 0 Å². The number of carbonyl (C=O) groups is 2. The highest BCUT2D eigenvalue weighted by atomic mass is 79.9. The molecule has 0 saturated carbocycles. The zero-order valence-electron chi connectivity index (χ0n) is 12.4. The van der Waals surface area contributed by atoms with Gasteiger partial charge >= 0.3 is 0 Å². The highest BCUT2D eigenvalue weighted by molar-refractivity contribution is 9.10. The standard InChI is InChI=1S/C17H9BrCl2FNO2S/c18-12-5-9(1-4-14(12)21)6-15-16(23)22(17(24)25-15)8-10-2-3-11(19)7-13(10)20/h1-7H,8H2/b15-6-. The number of benzene rings is 2. The van der Waals surface area contributed by atoms with Crippen LogP contribution in [0, 0.1) is 5.82 Å². The molecular weight excluding hydrogens is 452 g/mol. The highest BCUT2D eigenvalue weighted by Crippen LogP contribution is 2.35. The number of nitrogens with zero attached hydrogens (tertiary/aromatic N) is 1. The van der Waals surface area contributed by atoms with Crippen LogP contribution in [0.2, 0.25) is 10.0 Å². The van der Waals surface area contributed by atoms with Gasteiger partial charge in [-0.3, -0.25) is 14.5 Å². The normalized spacial score (nSPS) is 16.2. The van der Waals surface area contributed by atoms with Crippen LogP contribution in [0.1, 0.15) is 11.1 Å². The molecule has 2 aromatic rings. The van der Waals surface area contributed by atoms with Gasteiger partial charge in [0.1, 0.15) is 5.82 Å². The number of thioether (sulfide) groups is 1. The monoisotopic (exact) mass is 459 g/mol. The third-order valence-corrected chi connectivity index (χ3v) is 5.56. The van der Waals surface area contributed by atoms with E-state index in [0.29, 0.717) is 21.2 Å². The van der Waals surface area contributed by atoms with Crippen molar-refractivity contribution in [2.45, 2.75) is 6.54 Å². The average Bonchev–Trinajstić information content (AvgIpc) is 2.81. The molecule has 128 valence electrons. The number of amides is 2. The van der Waals surface area contributed by atoms with Crippen molar-refractivity contribution in [2.75, 3.05) is 0 Å². The summed E-state index contributed by atoms with van der Waals surface area (Å²) in [4.78, 5) is 26.1. The van der Waals surface area contributed by atoms with E-state index in [1.54, 1.807) is 30.3 Å². The molecule has 1 saturated heterocycles. The van der Waals surface area contributed by atoms with E-state index in [-0.39, 0.29) is 21.2 Å². The van der Waals surface area contributed by atoms with Crippen molar-refractivity contribution >= 4 is 68.1 Å². The number of carbonyl (C=O) groups excluding carboxylic acids is 2. The van der Waals surface area contributed by atoms with Crippen molar-refractivity contribution in [1.82, 2.24) is 4.90 Å². The Balaban J connectivity index is 1.84. The van der Waals surface area contributed by atoms with Gasteiger partial charge in [0.05, 0.1) is 15.9 Å². The summed E-state index contributed by atoms with van der Waals surface area (Å²) < 4.78 is 13.6. The van der Waals surface area contributed by atoms with E-state index < -0.39 is 11.7 Å². The predicted octanol–water partition coefficient (Wildman–Crippen LogP) is 6.13. The Morgan fingerprint density at radius 2 is 1.92 bits per heavy atom. The maximum atomic E-state index is 13.3. The first-order chi connectivity index (χ1) is 11.8. The first-order valence-corrected chi connectivity index (χ1v) is 9.36. The summed E-state index contributed by atoms with van der Waals surface area (Å²) in [6, 6.07) is 9.24. The summed E-state index contributed by atoms with van der Waals surface area (Å²) in [7, 11) is 0. The molecule has 0 N–H and O–H groups in total. The van der Waals surface area contributed by atoms with Crippen LogP contribution in [-0.2, 0) is 11.3 Å². The fourth-order valence-corrected chi connectivity index (χ4v) is 3.91. The molecule has 3 nitrogen and oxygen atoms in total. The quantitative estimate of drug-likeness (QED) is 0.517. The first-order valence-electron chi connectivity index (χ1n) is 6.99. The Hall–Kier alpha value is -1.34. The summed E-state index contributed by atoms with van der Waals surface area (Å²) >= 11 is 15.9. The van der Waals surface area contributed by atoms with E-state index in [9.17, 15) is 14.0 Å². The van der Waals surface area contributed by atoms with Crippen LogP contribution < -0.4 is 0 Å². The number of rotatable bonds is 3. The molecule has 1 heterocycles. The Kier molecular flexibility index (Phi) is 5.53. The van der Waals surface area contributed by atoms with Crippen molar-refractivity contribution in [3.8, 4) is 0 Å². The molecule has 0 radical (unpaired) electrons. The van der Waals surface area contributed by atoms with Crippen LogP contribution in [0.3, 0.4) is 0 Å². The molecule has 0 aromatic heterocycles. The van der Waals surface area contributed by atoms with Crippen molar-refractivity contribution < 1.29 is 14.0 Å². The lowest BCUT2D eigenvalue weighted by atomic mass is 10.2. The molecule has 1 aliphatic rings. The van der Waals surface area contributed by atoms with Crippen molar-refractivity contribution in [3.63, 3.8) is 0 Å². The smallest absolute Gasteiger partial charge is 0.268 e. The molecule has 8 heteroatoms. The third kappa shape index (κ3) is 4.08. The molecule has 25 heavy (non-hydrogen) atoms. The minimum absolute atomic E-state index is 0.0606. The lowest BCUT2D eigenvalue weighted by Gasteiger charge is -2.13. The predicted molar refractivity (Wildman–Crippen MR) is 102 cm³/mol. The third-order valence-electron chi connectivity index (χ3n) is 3.46. The molecule has 0 atom stereocenters. The zero-order valence-corrected chi connectivity index (χ0v) is 16.3. The van der Waals surface area contributed by atoms with Gasteiger partial charge in [0.25, 0.3) is 11.1 Å². The van der Waals surface area contributed by atoms with Crippen molar-refractivity contribution in [3.05, 3.63) is 72.8 Å². The maximum Gasteiger partial charge on any atom is 0.293 e. The fourth-order valence-electron chi connectivity index (χ4n) is 2.21. The van der Waals surface area contributed by atoms with E-state index in [1.165, 1.54) is 12.1 Å². The van der Waals surface area contributed by atoms with Crippen LogP contribution in [0.4, 0.5) is 9.18 Å². The molecule has 0 bridgehead atoms. The largest absolute Gasteiger partial charge is 0.293 e. The number of imide groups is 1. The Labute approximate surface area is 165 Å².